The highest BCUT2D eigenvalue weighted by Gasteiger charge is 2.03. The normalized spacial score (nSPS) is 10.5. The predicted octanol–water partition coefficient (Wildman–Crippen LogP) is 3.30. The van der Waals surface area contributed by atoms with Crippen LogP contribution in [0.4, 0.5) is 5.82 Å². The van der Waals surface area contributed by atoms with Gasteiger partial charge in [-0.1, -0.05) is 30.3 Å². The molecule has 92 valence electrons. The summed E-state index contributed by atoms with van der Waals surface area (Å²) in [6.07, 6.45) is 2.55. The van der Waals surface area contributed by atoms with Gasteiger partial charge in [-0.3, -0.25) is 4.79 Å². The lowest BCUT2D eigenvalue weighted by Gasteiger charge is -2.06. The zero-order chi connectivity index (χ0) is 13.2. The summed E-state index contributed by atoms with van der Waals surface area (Å²) in [6.45, 7) is 0. The van der Waals surface area contributed by atoms with Crippen molar-refractivity contribution in [2.24, 2.45) is 0 Å². The molecule has 0 atom stereocenters. The number of carbonyl (C=O) groups is 1. The average molecular weight is 248 g/mol. The van der Waals surface area contributed by atoms with E-state index >= 15 is 0 Å². The van der Waals surface area contributed by atoms with Crippen molar-refractivity contribution in [3.05, 3.63) is 60.3 Å². The molecule has 0 saturated carbocycles. The molecule has 0 fully saturated rings. The molecule has 0 bridgehead atoms. The molecule has 0 radical (unpaired) electrons. The van der Waals surface area contributed by atoms with Gasteiger partial charge in [0.1, 0.15) is 12.1 Å². The Morgan fingerprint density at radius 2 is 1.84 bits per heavy atom. The Balaban J connectivity index is 2.19. The second kappa shape index (κ2) is 4.53. The van der Waals surface area contributed by atoms with Gasteiger partial charge in [0.25, 0.3) is 0 Å². The second-order valence-electron chi connectivity index (χ2n) is 4.38. The summed E-state index contributed by atoms with van der Waals surface area (Å²) in [5.41, 5.74) is 8.57. The standard InChI is InChI=1S/C16H12N2O/c17-16-15-9-14(5-4-12(15)6-7-18-16)13-3-1-2-11(8-13)10-19/h1-10H,(H2,17,18). The van der Waals surface area contributed by atoms with Gasteiger partial charge in [-0.15, -0.1) is 0 Å². The number of nitrogens with two attached hydrogens (primary N) is 1. The van der Waals surface area contributed by atoms with Gasteiger partial charge in [0.05, 0.1) is 0 Å². The minimum Gasteiger partial charge on any atom is -0.383 e. The van der Waals surface area contributed by atoms with E-state index in [0.717, 1.165) is 28.2 Å². The second-order valence-corrected chi connectivity index (χ2v) is 4.38. The molecule has 3 rings (SSSR count). The summed E-state index contributed by atoms with van der Waals surface area (Å²) >= 11 is 0. The number of hydrogen-bond donors (Lipinski definition) is 1. The zero-order valence-electron chi connectivity index (χ0n) is 10.2. The highest BCUT2D eigenvalue weighted by atomic mass is 16.1. The predicted molar refractivity (Wildman–Crippen MR) is 77.0 cm³/mol. The molecule has 0 saturated heterocycles. The van der Waals surface area contributed by atoms with Crippen molar-refractivity contribution in [3.8, 4) is 11.1 Å². The fraction of sp³-hybridized carbons (Fsp3) is 0. The lowest BCUT2D eigenvalue weighted by atomic mass is 10.0. The number of anilines is 1. The van der Waals surface area contributed by atoms with Crippen LogP contribution < -0.4 is 5.73 Å². The van der Waals surface area contributed by atoms with Gasteiger partial charge in [0.2, 0.25) is 0 Å². The summed E-state index contributed by atoms with van der Waals surface area (Å²) < 4.78 is 0. The van der Waals surface area contributed by atoms with Crippen LogP contribution in [0.3, 0.4) is 0 Å². The molecule has 3 nitrogen and oxygen atoms in total. The smallest absolute Gasteiger partial charge is 0.150 e. The average Bonchev–Trinajstić information content (AvgIpc) is 2.47. The van der Waals surface area contributed by atoms with Crippen molar-refractivity contribution >= 4 is 22.9 Å². The van der Waals surface area contributed by atoms with Crippen LogP contribution in [0.2, 0.25) is 0 Å². The Morgan fingerprint density at radius 1 is 1.00 bits per heavy atom. The first-order valence-corrected chi connectivity index (χ1v) is 5.98. The number of aldehydes is 1. The fourth-order valence-corrected chi connectivity index (χ4v) is 2.16. The van der Waals surface area contributed by atoms with Crippen molar-refractivity contribution in [2.75, 3.05) is 5.73 Å². The third kappa shape index (κ3) is 2.06. The first-order valence-electron chi connectivity index (χ1n) is 5.98. The molecule has 1 aromatic heterocycles. The van der Waals surface area contributed by atoms with E-state index in [-0.39, 0.29) is 0 Å². The maximum Gasteiger partial charge on any atom is 0.150 e. The molecule has 3 heteroatoms. The van der Waals surface area contributed by atoms with Crippen LogP contribution in [0.5, 0.6) is 0 Å². The maximum absolute atomic E-state index is 10.8. The topological polar surface area (TPSA) is 56.0 Å². The lowest BCUT2D eigenvalue weighted by Crippen LogP contribution is -1.91. The van der Waals surface area contributed by atoms with Crippen molar-refractivity contribution in [2.45, 2.75) is 0 Å². The Hall–Kier alpha value is -2.68. The molecule has 0 aliphatic rings. The zero-order valence-corrected chi connectivity index (χ0v) is 10.2. The van der Waals surface area contributed by atoms with Gasteiger partial charge in [-0.2, -0.15) is 0 Å². The highest BCUT2D eigenvalue weighted by Crippen LogP contribution is 2.27. The van der Waals surface area contributed by atoms with Crippen LogP contribution in [0.1, 0.15) is 10.4 Å². The van der Waals surface area contributed by atoms with E-state index in [1.54, 1.807) is 12.3 Å². The number of fused-ring (bicyclic) bond motifs is 1. The first kappa shape index (κ1) is 11.4. The van der Waals surface area contributed by atoms with Gasteiger partial charge in [-0.25, -0.2) is 4.98 Å². The number of hydrogen-bond acceptors (Lipinski definition) is 3. The van der Waals surface area contributed by atoms with Crippen LogP contribution >= 0.6 is 0 Å². The molecule has 0 spiro atoms. The Labute approximate surface area is 110 Å². The third-order valence-corrected chi connectivity index (χ3v) is 3.15. The van der Waals surface area contributed by atoms with Crippen molar-refractivity contribution in [1.29, 1.82) is 0 Å². The molecule has 0 amide bonds. The minimum atomic E-state index is 0.519. The van der Waals surface area contributed by atoms with E-state index in [1.165, 1.54) is 0 Å². The lowest BCUT2D eigenvalue weighted by molar-refractivity contribution is 0.112. The summed E-state index contributed by atoms with van der Waals surface area (Å²) in [7, 11) is 0. The quantitative estimate of drug-likeness (QED) is 0.708. The molecule has 3 aromatic rings. The highest BCUT2D eigenvalue weighted by molar-refractivity contribution is 5.94. The van der Waals surface area contributed by atoms with E-state index in [4.69, 9.17) is 5.73 Å². The Bertz CT molecular complexity index is 766. The number of nitrogen functional groups attached to an aromatic ring is 1. The van der Waals surface area contributed by atoms with E-state index in [9.17, 15) is 4.79 Å². The van der Waals surface area contributed by atoms with Gasteiger partial charge in [0.15, 0.2) is 0 Å². The molecule has 0 unspecified atom stereocenters. The number of rotatable bonds is 2. The molecular weight excluding hydrogens is 236 g/mol. The van der Waals surface area contributed by atoms with Crippen molar-refractivity contribution in [3.63, 3.8) is 0 Å². The summed E-state index contributed by atoms with van der Waals surface area (Å²) in [5, 5.41) is 1.99. The monoisotopic (exact) mass is 248 g/mol. The minimum absolute atomic E-state index is 0.519. The van der Waals surface area contributed by atoms with E-state index < -0.39 is 0 Å². The molecule has 2 aromatic carbocycles. The Morgan fingerprint density at radius 3 is 2.68 bits per heavy atom. The first-order chi connectivity index (χ1) is 9.28. The summed E-state index contributed by atoms with van der Waals surface area (Å²) in [6, 6.07) is 15.5. The van der Waals surface area contributed by atoms with E-state index in [2.05, 4.69) is 4.98 Å². The van der Waals surface area contributed by atoms with Gasteiger partial charge in [0, 0.05) is 17.1 Å². The van der Waals surface area contributed by atoms with Crippen molar-refractivity contribution < 1.29 is 4.79 Å². The van der Waals surface area contributed by atoms with Crippen LogP contribution in [0.25, 0.3) is 21.9 Å². The van der Waals surface area contributed by atoms with E-state index in [0.29, 0.717) is 11.4 Å². The third-order valence-electron chi connectivity index (χ3n) is 3.15. The number of carbonyl (C=O) groups excluding carboxylic acids is 1. The largest absolute Gasteiger partial charge is 0.383 e. The van der Waals surface area contributed by atoms with Gasteiger partial charge in [-0.05, 0) is 34.7 Å². The number of pyridine rings is 1. The summed E-state index contributed by atoms with van der Waals surface area (Å²) in [5.74, 6) is 0.519. The molecule has 0 aliphatic heterocycles. The maximum atomic E-state index is 10.8. The number of benzene rings is 2. The van der Waals surface area contributed by atoms with Crippen LogP contribution in [-0.4, -0.2) is 11.3 Å². The molecular formula is C16H12N2O. The summed E-state index contributed by atoms with van der Waals surface area (Å²) in [4.78, 5) is 14.9. The van der Waals surface area contributed by atoms with Crippen LogP contribution in [0.15, 0.2) is 54.7 Å². The fourth-order valence-electron chi connectivity index (χ4n) is 2.16. The molecule has 19 heavy (non-hydrogen) atoms. The molecule has 2 N–H and O–H groups in total. The van der Waals surface area contributed by atoms with Crippen LogP contribution in [-0.2, 0) is 0 Å². The van der Waals surface area contributed by atoms with Gasteiger partial charge < -0.3 is 5.73 Å². The molecule has 0 aliphatic carbocycles. The van der Waals surface area contributed by atoms with Crippen LogP contribution in [0, 0.1) is 0 Å². The van der Waals surface area contributed by atoms with Gasteiger partial charge >= 0.3 is 0 Å². The van der Waals surface area contributed by atoms with Crippen molar-refractivity contribution in [1.82, 2.24) is 4.98 Å². The number of nitrogens with zero attached hydrogens (tertiary/aromatic N) is 1. The Kier molecular flexibility index (Phi) is 2.72. The number of aromatic nitrogens is 1. The SMILES string of the molecule is Nc1nccc2ccc(-c3cccc(C=O)c3)cc12. The molecule has 1 heterocycles. The van der Waals surface area contributed by atoms with E-state index in [1.807, 2.05) is 42.5 Å².